The highest BCUT2D eigenvalue weighted by atomic mass is 19.4. The van der Waals surface area contributed by atoms with Gasteiger partial charge in [-0.25, -0.2) is 0 Å². The number of anilines is 2. The smallest absolute Gasteiger partial charge is 0.406 e. The third kappa shape index (κ3) is 4.64. The highest BCUT2D eigenvalue weighted by Crippen LogP contribution is 2.35. The molecule has 2 aromatic carbocycles. The maximum Gasteiger partial charge on any atom is 0.573 e. The Balaban J connectivity index is 1.59. The number of halogens is 3. The monoisotopic (exact) mass is 448 g/mol. The predicted octanol–water partition coefficient (Wildman–Crippen LogP) is 2.54. The molecule has 3 N–H and O–H groups in total. The summed E-state index contributed by atoms with van der Waals surface area (Å²) in [5.41, 5.74) is 7.22. The molecule has 170 valence electrons. The molecule has 32 heavy (non-hydrogen) atoms. The van der Waals surface area contributed by atoms with Gasteiger partial charge in [-0.2, -0.15) is 0 Å². The molecule has 2 aromatic rings. The number of benzene rings is 2. The molecule has 2 aliphatic rings. The second-order valence-electron chi connectivity index (χ2n) is 8.14. The molecular weight excluding hydrogens is 425 g/mol. The maximum atomic E-state index is 13.1. The van der Waals surface area contributed by atoms with Crippen LogP contribution in [0.4, 0.5) is 24.5 Å². The molecule has 4 rings (SSSR count). The number of hydrogen-bond acceptors (Lipinski definition) is 5. The Hall–Kier alpha value is -3.27. The topological polar surface area (TPSA) is 87.9 Å². The lowest BCUT2D eigenvalue weighted by atomic mass is 10.1. The molecule has 1 saturated carbocycles. The average molecular weight is 448 g/mol. The van der Waals surface area contributed by atoms with Gasteiger partial charge in [-0.3, -0.25) is 9.59 Å². The summed E-state index contributed by atoms with van der Waals surface area (Å²) in [5.74, 6) is -0.939. The number of nitrogens with zero attached hydrogens (tertiary/aromatic N) is 2. The Morgan fingerprint density at radius 1 is 1.16 bits per heavy atom. The third-order valence-electron chi connectivity index (χ3n) is 5.69. The molecule has 7 nitrogen and oxygen atoms in total. The van der Waals surface area contributed by atoms with Gasteiger partial charge in [0.2, 0.25) is 5.91 Å². The number of carbonyl (C=O) groups excluding carboxylic acids is 2. The molecule has 0 bridgehead atoms. The number of likely N-dealkylation sites (N-methyl/N-ethyl adjacent to an activating group) is 1. The summed E-state index contributed by atoms with van der Waals surface area (Å²) in [6, 6.07) is 12.0. The summed E-state index contributed by atoms with van der Waals surface area (Å²) in [6.45, 7) is 0.493. The lowest BCUT2D eigenvalue weighted by Gasteiger charge is -2.27. The Morgan fingerprint density at radius 3 is 2.38 bits per heavy atom. The van der Waals surface area contributed by atoms with Crippen LogP contribution >= 0.6 is 0 Å². The van der Waals surface area contributed by atoms with Crippen LogP contribution in [0.1, 0.15) is 18.4 Å². The van der Waals surface area contributed by atoms with Crippen molar-refractivity contribution in [2.75, 3.05) is 23.4 Å². The normalized spacial score (nSPS) is 19.8. The Bertz CT molecular complexity index is 1020. The van der Waals surface area contributed by atoms with Crippen molar-refractivity contribution in [3.05, 3.63) is 54.1 Å². The molecule has 0 saturated heterocycles. The van der Waals surface area contributed by atoms with Crippen LogP contribution in [-0.2, 0) is 16.1 Å². The van der Waals surface area contributed by atoms with Crippen LogP contribution in [0.15, 0.2) is 48.5 Å². The molecule has 10 heteroatoms. The first kappa shape index (κ1) is 21.9. The van der Waals surface area contributed by atoms with Gasteiger partial charge in [-0.15, -0.1) is 13.2 Å². The predicted molar refractivity (Wildman–Crippen MR) is 112 cm³/mol. The van der Waals surface area contributed by atoms with Gasteiger partial charge in [0.05, 0.1) is 16.9 Å². The Morgan fingerprint density at radius 2 is 1.78 bits per heavy atom. The summed E-state index contributed by atoms with van der Waals surface area (Å²) >= 11 is 0. The quantitative estimate of drug-likeness (QED) is 0.734. The van der Waals surface area contributed by atoms with E-state index in [4.69, 9.17) is 5.73 Å². The van der Waals surface area contributed by atoms with E-state index < -0.39 is 17.9 Å². The highest BCUT2D eigenvalue weighted by Gasteiger charge is 2.47. The molecule has 1 atom stereocenters. The third-order valence-corrected chi connectivity index (χ3v) is 5.69. The standard InChI is InChI=1S/C22H23F3N4O3/c1-28-17-4-2-3-5-18(17)29(12-14-6-8-15(9-7-14)32-22(23,24)25)13-16(19(28)30)27-20(31)21(26)10-11-21/h2-9,16H,10-13,26H2,1H3,(H,27,31). The van der Waals surface area contributed by atoms with E-state index in [1.165, 1.54) is 29.2 Å². The zero-order valence-electron chi connectivity index (χ0n) is 17.4. The molecule has 2 amide bonds. The Kier molecular flexibility index (Phi) is 5.49. The van der Waals surface area contributed by atoms with E-state index in [1.54, 1.807) is 13.1 Å². The van der Waals surface area contributed by atoms with Gasteiger partial charge in [0.25, 0.3) is 5.91 Å². The summed E-state index contributed by atoms with van der Waals surface area (Å²) < 4.78 is 41.2. The van der Waals surface area contributed by atoms with Crippen LogP contribution in [0, 0.1) is 0 Å². The molecule has 1 fully saturated rings. The van der Waals surface area contributed by atoms with E-state index in [9.17, 15) is 22.8 Å². The number of alkyl halides is 3. The van der Waals surface area contributed by atoms with Gasteiger partial charge in [-0.1, -0.05) is 24.3 Å². The first-order valence-electron chi connectivity index (χ1n) is 10.1. The Labute approximate surface area is 182 Å². The molecule has 0 radical (unpaired) electrons. The number of para-hydroxylation sites is 2. The van der Waals surface area contributed by atoms with E-state index in [0.29, 0.717) is 30.6 Å². The van der Waals surface area contributed by atoms with E-state index >= 15 is 0 Å². The van der Waals surface area contributed by atoms with Crippen molar-refractivity contribution in [2.24, 2.45) is 5.73 Å². The van der Waals surface area contributed by atoms with Crippen LogP contribution in [-0.4, -0.2) is 43.3 Å². The molecule has 0 aromatic heterocycles. The fraction of sp³-hybridized carbons (Fsp3) is 0.364. The van der Waals surface area contributed by atoms with Gasteiger partial charge in [0.15, 0.2) is 0 Å². The van der Waals surface area contributed by atoms with E-state index in [2.05, 4.69) is 10.1 Å². The number of fused-ring (bicyclic) bond motifs is 1. The summed E-state index contributed by atoms with van der Waals surface area (Å²) in [6.07, 6.45) is -3.61. The highest BCUT2D eigenvalue weighted by molar-refractivity contribution is 6.04. The van der Waals surface area contributed by atoms with Crippen molar-refractivity contribution < 1.29 is 27.5 Å². The van der Waals surface area contributed by atoms with Crippen molar-refractivity contribution in [1.82, 2.24) is 5.32 Å². The molecule has 1 aliphatic carbocycles. The van der Waals surface area contributed by atoms with Crippen LogP contribution in [0.3, 0.4) is 0 Å². The van der Waals surface area contributed by atoms with Gasteiger partial charge < -0.3 is 25.6 Å². The first-order valence-corrected chi connectivity index (χ1v) is 10.1. The van der Waals surface area contributed by atoms with E-state index in [1.807, 2.05) is 23.1 Å². The number of nitrogens with two attached hydrogens (primary N) is 1. The summed E-state index contributed by atoms with van der Waals surface area (Å²) in [5, 5.41) is 2.79. The minimum atomic E-state index is -4.76. The van der Waals surface area contributed by atoms with Crippen molar-refractivity contribution in [3.8, 4) is 5.75 Å². The van der Waals surface area contributed by atoms with Gasteiger partial charge in [0.1, 0.15) is 11.8 Å². The summed E-state index contributed by atoms with van der Waals surface area (Å²) in [7, 11) is 1.64. The number of rotatable bonds is 5. The minimum Gasteiger partial charge on any atom is -0.406 e. The van der Waals surface area contributed by atoms with Crippen LogP contribution < -0.4 is 25.6 Å². The largest absolute Gasteiger partial charge is 0.573 e. The maximum absolute atomic E-state index is 13.1. The van der Waals surface area contributed by atoms with Gasteiger partial charge in [0, 0.05) is 20.1 Å². The van der Waals surface area contributed by atoms with Gasteiger partial charge >= 0.3 is 6.36 Å². The zero-order valence-corrected chi connectivity index (χ0v) is 17.4. The van der Waals surface area contributed by atoms with Crippen molar-refractivity contribution in [3.63, 3.8) is 0 Å². The first-order chi connectivity index (χ1) is 15.1. The van der Waals surface area contributed by atoms with E-state index in [-0.39, 0.29) is 24.1 Å². The SMILES string of the molecule is CN1C(=O)C(NC(=O)C2(N)CC2)CN(Cc2ccc(OC(F)(F)F)cc2)c2ccccc21. The van der Waals surface area contributed by atoms with Crippen LogP contribution in [0.5, 0.6) is 5.75 Å². The number of nitrogens with one attached hydrogen (secondary N) is 1. The fourth-order valence-electron chi connectivity index (χ4n) is 3.70. The molecule has 1 aliphatic heterocycles. The molecule has 0 spiro atoms. The zero-order chi connectivity index (χ0) is 23.1. The number of carbonyl (C=O) groups is 2. The van der Waals surface area contributed by atoms with E-state index in [0.717, 1.165) is 5.69 Å². The van der Waals surface area contributed by atoms with Crippen LogP contribution in [0.2, 0.25) is 0 Å². The molecule has 1 unspecified atom stereocenters. The van der Waals surface area contributed by atoms with Gasteiger partial charge in [-0.05, 0) is 42.7 Å². The number of ether oxygens (including phenoxy) is 1. The summed E-state index contributed by atoms with van der Waals surface area (Å²) in [4.78, 5) is 29.0. The second-order valence-corrected chi connectivity index (χ2v) is 8.14. The van der Waals surface area contributed by atoms with Crippen molar-refractivity contribution in [2.45, 2.75) is 37.3 Å². The number of amides is 2. The molecular formula is C22H23F3N4O3. The fourth-order valence-corrected chi connectivity index (χ4v) is 3.70. The lowest BCUT2D eigenvalue weighted by molar-refractivity contribution is -0.274. The average Bonchev–Trinajstić information content (AvgIpc) is 3.51. The molecule has 1 heterocycles. The second kappa shape index (κ2) is 8.01. The van der Waals surface area contributed by atoms with Crippen molar-refractivity contribution in [1.29, 1.82) is 0 Å². The van der Waals surface area contributed by atoms with Crippen LogP contribution in [0.25, 0.3) is 0 Å². The lowest BCUT2D eigenvalue weighted by Crippen LogP contribution is -2.55. The number of hydrogen-bond donors (Lipinski definition) is 2. The minimum absolute atomic E-state index is 0.183. The van der Waals surface area contributed by atoms with Crippen molar-refractivity contribution >= 4 is 23.2 Å².